The molecule has 1 unspecified atom stereocenters. The summed E-state index contributed by atoms with van der Waals surface area (Å²) in [4.78, 5) is 23.3. The van der Waals surface area contributed by atoms with E-state index in [2.05, 4.69) is 33.0 Å². The molecule has 10 heteroatoms. The maximum Gasteiger partial charge on any atom is 0.296 e. The number of aliphatic imine (C=N–C) groups is 1. The molecule has 0 saturated carbocycles. The first-order chi connectivity index (χ1) is 15.5. The summed E-state index contributed by atoms with van der Waals surface area (Å²) in [5.41, 5.74) is 1.36. The number of fused-ring (bicyclic) bond motifs is 1. The Labute approximate surface area is 189 Å². The average molecular weight is 457 g/mol. The second-order valence-electron chi connectivity index (χ2n) is 8.19. The van der Waals surface area contributed by atoms with E-state index in [-0.39, 0.29) is 24.6 Å². The fraction of sp³-hybridized carbons (Fsp3) is 0.364. The number of carbonyl (C=O) groups is 1. The van der Waals surface area contributed by atoms with Gasteiger partial charge in [0.15, 0.2) is 11.3 Å². The predicted molar refractivity (Wildman–Crippen MR) is 120 cm³/mol. The second kappa shape index (κ2) is 8.59. The molecule has 0 bridgehead atoms. The Morgan fingerprint density at radius 2 is 2.19 bits per heavy atom. The number of anilines is 1. The van der Waals surface area contributed by atoms with E-state index in [1.54, 1.807) is 29.3 Å². The quantitative estimate of drug-likeness (QED) is 0.466. The summed E-state index contributed by atoms with van der Waals surface area (Å²) in [6.07, 6.45) is 3.19. The van der Waals surface area contributed by atoms with Crippen molar-refractivity contribution in [2.75, 3.05) is 24.5 Å². The average Bonchev–Trinajstić information content (AvgIpc) is 3.50. The van der Waals surface area contributed by atoms with E-state index in [0.717, 1.165) is 19.5 Å². The van der Waals surface area contributed by atoms with E-state index >= 15 is 0 Å². The number of hydrogen-bond donors (Lipinski definition) is 2. The Bertz CT molecular complexity index is 1170. The van der Waals surface area contributed by atoms with Crippen LogP contribution in [0.3, 0.4) is 0 Å². The zero-order chi connectivity index (χ0) is 22.2. The Hall–Kier alpha value is -2.85. The first-order valence-electron chi connectivity index (χ1n) is 10.5. The van der Waals surface area contributed by atoms with Gasteiger partial charge in [0, 0.05) is 30.0 Å². The number of thiol groups is 1. The molecule has 4 heterocycles. The summed E-state index contributed by atoms with van der Waals surface area (Å²) < 4.78 is 29.8. The summed E-state index contributed by atoms with van der Waals surface area (Å²) in [5.74, 6) is -0.142. The molecule has 0 radical (unpaired) electrons. The van der Waals surface area contributed by atoms with Crippen LogP contribution in [-0.4, -0.2) is 52.5 Å². The SMILES string of the molecule is O=C(N=CC1CCNC1)c1cnc2ccc(N3C[C@@H](F)C[C@@H]3c3cc(F)cc(S)c3)nn12. The zero-order valence-corrected chi connectivity index (χ0v) is 18.1. The van der Waals surface area contributed by atoms with Gasteiger partial charge >= 0.3 is 0 Å². The molecule has 0 aliphatic carbocycles. The largest absolute Gasteiger partial charge is 0.345 e. The molecule has 3 aromatic rings. The summed E-state index contributed by atoms with van der Waals surface area (Å²) >= 11 is 4.25. The molecule has 32 heavy (non-hydrogen) atoms. The Morgan fingerprint density at radius 3 is 2.97 bits per heavy atom. The third-order valence-corrected chi connectivity index (χ3v) is 6.16. The first-order valence-corrected chi connectivity index (χ1v) is 11.0. The first kappa shape index (κ1) is 21.0. The van der Waals surface area contributed by atoms with E-state index in [4.69, 9.17) is 0 Å². The highest BCUT2D eigenvalue weighted by Crippen LogP contribution is 2.37. The third kappa shape index (κ3) is 4.12. The number of nitrogens with zero attached hydrogens (tertiary/aromatic N) is 5. The molecular weight excluding hydrogens is 434 g/mol. The van der Waals surface area contributed by atoms with Gasteiger partial charge in [-0.1, -0.05) is 0 Å². The molecule has 1 N–H and O–H groups in total. The van der Waals surface area contributed by atoms with Gasteiger partial charge in [0.2, 0.25) is 0 Å². The van der Waals surface area contributed by atoms with E-state index < -0.39 is 23.9 Å². The lowest BCUT2D eigenvalue weighted by molar-refractivity contribution is 0.0996. The molecule has 166 valence electrons. The number of alkyl halides is 1. The van der Waals surface area contributed by atoms with Gasteiger partial charge in [-0.05, 0) is 48.9 Å². The molecule has 2 saturated heterocycles. The number of nitrogens with one attached hydrogen (secondary N) is 1. The van der Waals surface area contributed by atoms with E-state index in [0.29, 0.717) is 21.9 Å². The van der Waals surface area contributed by atoms with Crippen molar-refractivity contribution in [3.63, 3.8) is 0 Å². The number of aromatic nitrogens is 3. The summed E-state index contributed by atoms with van der Waals surface area (Å²) in [6, 6.07) is 7.51. The number of halogens is 2. The number of carbonyl (C=O) groups excluding carboxylic acids is 1. The van der Waals surface area contributed by atoms with Crippen LogP contribution in [0.2, 0.25) is 0 Å². The van der Waals surface area contributed by atoms with Crippen molar-refractivity contribution in [2.45, 2.75) is 30.0 Å². The zero-order valence-electron chi connectivity index (χ0n) is 17.2. The van der Waals surface area contributed by atoms with Crippen molar-refractivity contribution in [2.24, 2.45) is 10.9 Å². The Balaban J connectivity index is 1.47. The minimum Gasteiger partial charge on any atom is -0.345 e. The Morgan fingerprint density at radius 1 is 1.31 bits per heavy atom. The molecule has 2 fully saturated rings. The maximum atomic E-state index is 14.4. The topological polar surface area (TPSA) is 74.9 Å². The van der Waals surface area contributed by atoms with Crippen molar-refractivity contribution < 1.29 is 13.6 Å². The highest BCUT2D eigenvalue weighted by atomic mass is 32.1. The van der Waals surface area contributed by atoms with Gasteiger partial charge in [-0.25, -0.2) is 23.3 Å². The standard InChI is InChI=1S/C22H22F2N6OS/c23-15-5-14(6-17(32)7-15)18-8-16(24)12-29(18)21-2-1-20-26-11-19(30(20)28-21)22(31)27-10-13-3-4-25-9-13/h1-2,5-7,10-11,13,16,18,25,32H,3-4,8-9,12H2/t13?,16-,18+/m0/s1. The minimum atomic E-state index is -1.09. The van der Waals surface area contributed by atoms with Crippen molar-refractivity contribution in [3.8, 4) is 0 Å². The monoisotopic (exact) mass is 456 g/mol. The highest BCUT2D eigenvalue weighted by Gasteiger charge is 2.35. The number of rotatable bonds is 4. The van der Waals surface area contributed by atoms with E-state index in [1.807, 2.05) is 0 Å². The highest BCUT2D eigenvalue weighted by molar-refractivity contribution is 7.80. The van der Waals surface area contributed by atoms with Gasteiger partial charge < -0.3 is 10.2 Å². The fourth-order valence-electron chi connectivity index (χ4n) is 4.35. The van der Waals surface area contributed by atoms with Crippen LogP contribution < -0.4 is 10.2 Å². The molecule has 3 atom stereocenters. The lowest BCUT2D eigenvalue weighted by atomic mass is 10.0. The lowest BCUT2D eigenvalue weighted by Gasteiger charge is -2.26. The van der Waals surface area contributed by atoms with Crippen molar-refractivity contribution in [3.05, 3.63) is 53.6 Å². The van der Waals surface area contributed by atoms with Crippen molar-refractivity contribution in [1.29, 1.82) is 0 Å². The maximum absolute atomic E-state index is 14.4. The summed E-state index contributed by atoms with van der Waals surface area (Å²) in [6.45, 7) is 1.84. The van der Waals surface area contributed by atoms with E-state index in [1.165, 1.54) is 22.8 Å². The molecule has 5 rings (SSSR count). The van der Waals surface area contributed by atoms with Crippen molar-refractivity contribution in [1.82, 2.24) is 19.9 Å². The summed E-state index contributed by atoms with van der Waals surface area (Å²) in [5, 5.41) is 7.80. The number of imidazole rings is 1. The van der Waals surface area contributed by atoms with Crippen LogP contribution in [0, 0.1) is 11.7 Å². The minimum absolute atomic E-state index is 0.117. The molecule has 2 aliphatic rings. The molecule has 7 nitrogen and oxygen atoms in total. The number of amides is 1. The molecule has 0 spiro atoms. The van der Waals surface area contributed by atoms with Crippen LogP contribution in [-0.2, 0) is 0 Å². The normalized spacial score (nSPS) is 23.6. The molecule has 2 aromatic heterocycles. The predicted octanol–water partition coefficient (Wildman–Crippen LogP) is 3.27. The molecule has 1 amide bonds. The number of benzene rings is 1. The van der Waals surface area contributed by atoms with Crippen LogP contribution in [0.5, 0.6) is 0 Å². The van der Waals surface area contributed by atoms with Crippen LogP contribution in [0.1, 0.15) is 34.9 Å². The third-order valence-electron chi connectivity index (χ3n) is 5.90. The molecule has 2 aliphatic heterocycles. The van der Waals surface area contributed by atoms with Crippen LogP contribution in [0.25, 0.3) is 5.65 Å². The van der Waals surface area contributed by atoms with Crippen LogP contribution in [0.4, 0.5) is 14.6 Å². The van der Waals surface area contributed by atoms with Gasteiger partial charge in [-0.15, -0.1) is 17.7 Å². The summed E-state index contributed by atoms with van der Waals surface area (Å²) in [7, 11) is 0. The Kier molecular flexibility index (Phi) is 5.64. The second-order valence-corrected chi connectivity index (χ2v) is 8.70. The van der Waals surface area contributed by atoms with Crippen LogP contribution >= 0.6 is 12.6 Å². The number of hydrogen-bond acceptors (Lipinski definition) is 6. The fourth-order valence-corrected chi connectivity index (χ4v) is 4.62. The van der Waals surface area contributed by atoms with Crippen molar-refractivity contribution >= 4 is 36.2 Å². The van der Waals surface area contributed by atoms with Gasteiger partial charge in [-0.3, -0.25) is 4.79 Å². The molecular formula is C22H22F2N6OS. The lowest BCUT2D eigenvalue weighted by Crippen LogP contribution is -2.25. The molecule has 1 aromatic carbocycles. The van der Waals surface area contributed by atoms with E-state index in [9.17, 15) is 13.6 Å². The van der Waals surface area contributed by atoms with Crippen LogP contribution in [0.15, 0.2) is 46.4 Å². The van der Waals surface area contributed by atoms with Gasteiger partial charge in [0.1, 0.15) is 17.8 Å². The van der Waals surface area contributed by atoms with Gasteiger partial charge in [0.05, 0.1) is 18.8 Å². The smallest absolute Gasteiger partial charge is 0.296 e. The van der Waals surface area contributed by atoms with Gasteiger partial charge in [-0.2, -0.15) is 0 Å². The van der Waals surface area contributed by atoms with Gasteiger partial charge in [0.25, 0.3) is 5.91 Å².